The van der Waals surface area contributed by atoms with Gasteiger partial charge in [0.05, 0.1) is 22.7 Å². The molecule has 0 bridgehead atoms. The van der Waals surface area contributed by atoms with Crippen molar-refractivity contribution in [1.82, 2.24) is 5.32 Å². The Morgan fingerprint density at radius 1 is 1.16 bits per heavy atom. The van der Waals surface area contributed by atoms with E-state index in [0.717, 1.165) is 30.0 Å². The van der Waals surface area contributed by atoms with Crippen molar-refractivity contribution in [2.24, 2.45) is 0 Å². The van der Waals surface area contributed by atoms with Crippen molar-refractivity contribution in [1.29, 1.82) is 0 Å². The van der Waals surface area contributed by atoms with Crippen LogP contribution in [-0.4, -0.2) is 39.5 Å². The molecule has 1 N–H and O–H groups in total. The zero-order chi connectivity index (χ0) is 23.1. The van der Waals surface area contributed by atoms with Gasteiger partial charge in [-0.15, -0.1) is 6.58 Å². The SMILES string of the molecule is C=CCN(c1ccc(Cl)cc1)S(=O)(=O)c1cccc(C(=O)OCC(=O)NC2CCCC2)c1. The Morgan fingerprint density at radius 3 is 2.50 bits per heavy atom. The molecule has 0 unspecified atom stereocenters. The van der Waals surface area contributed by atoms with E-state index in [0.29, 0.717) is 10.7 Å². The van der Waals surface area contributed by atoms with E-state index in [9.17, 15) is 18.0 Å². The average molecular weight is 477 g/mol. The number of nitrogens with zero attached hydrogens (tertiary/aromatic N) is 1. The van der Waals surface area contributed by atoms with Crippen LogP contribution in [0.25, 0.3) is 0 Å². The maximum atomic E-state index is 13.3. The summed E-state index contributed by atoms with van der Waals surface area (Å²) in [4.78, 5) is 24.3. The Hall–Kier alpha value is -2.84. The number of hydrogen-bond donors (Lipinski definition) is 1. The molecule has 1 amide bonds. The molecule has 1 saturated carbocycles. The van der Waals surface area contributed by atoms with Crippen LogP contribution in [0, 0.1) is 0 Å². The van der Waals surface area contributed by atoms with Gasteiger partial charge < -0.3 is 10.1 Å². The van der Waals surface area contributed by atoms with Crippen LogP contribution >= 0.6 is 11.6 Å². The molecule has 0 radical (unpaired) electrons. The number of carbonyl (C=O) groups excluding carboxylic acids is 2. The Balaban J connectivity index is 1.73. The van der Waals surface area contributed by atoms with Gasteiger partial charge in [-0.1, -0.05) is 36.6 Å². The average Bonchev–Trinajstić information content (AvgIpc) is 3.29. The second kappa shape index (κ2) is 10.7. The highest BCUT2D eigenvalue weighted by atomic mass is 35.5. The third kappa shape index (κ3) is 5.89. The van der Waals surface area contributed by atoms with Gasteiger partial charge in [0, 0.05) is 11.1 Å². The maximum Gasteiger partial charge on any atom is 0.338 e. The van der Waals surface area contributed by atoms with Crippen molar-refractivity contribution < 1.29 is 22.7 Å². The first-order chi connectivity index (χ1) is 15.3. The quantitative estimate of drug-likeness (QED) is 0.437. The van der Waals surface area contributed by atoms with E-state index < -0.39 is 22.6 Å². The van der Waals surface area contributed by atoms with E-state index in [2.05, 4.69) is 11.9 Å². The Bertz CT molecular complexity index is 1080. The molecule has 2 aromatic rings. The lowest BCUT2D eigenvalue weighted by Gasteiger charge is -2.23. The minimum atomic E-state index is -4.00. The first kappa shape index (κ1) is 23.8. The summed E-state index contributed by atoms with van der Waals surface area (Å²) in [6.07, 6.45) is 5.46. The standard InChI is InChI=1S/C23H25ClN2O5S/c1-2-14-26(20-12-10-18(24)11-13-20)32(29,30)21-9-5-6-17(15-21)23(28)31-16-22(27)25-19-7-3-4-8-19/h2,5-6,9-13,15,19H,1,3-4,7-8,14,16H2,(H,25,27). The van der Waals surface area contributed by atoms with Crippen LogP contribution in [0.15, 0.2) is 66.1 Å². The third-order valence-electron chi connectivity index (χ3n) is 5.12. The van der Waals surface area contributed by atoms with Gasteiger partial charge in [0.15, 0.2) is 6.61 Å². The molecule has 1 aliphatic rings. The van der Waals surface area contributed by atoms with Gasteiger partial charge >= 0.3 is 5.97 Å². The number of hydrogen-bond acceptors (Lipinski definition) is 5. The minimum Gasteiger partial charge on any atom is -0.452 e. The molecule has 2 aromatic carbocycles. The van der Waals surface area contributed by atoms with E-state index in [1.165, 1.54) is 30.3 Å². The van der Waals surface area contributed by atoms with Crippen molar-refractivity contribution in [2.75, 3.05) is 17.5 Å². The second-order valence-electron chi connectivity index (χ2n) is 7.45. The van der Waals surface area contributed by atoms with Crippen LogP contribution in [-0.2, 0) is 19.6 Å². The molecule has 9 heteroatoms. The van der Waals surface area contributed by atoms with Crippen molar-refractivity contribution in [2.45, 2.75) is 36.6 Å². The monoisotopic (exact) mass is 476 g/mol. The van der Waals surface area contributed by atoms with Gasteiger partial charge in [0.1, 0.15) is 0 Å². The number of nitrogens with one attached hydrogen (secondary N) is 1. The molecule has 7 nitrogen and oxygen atoms in total. The van der Waals surface area contributed by atoms with Gasteiger partial charge in [0.2, 0.25) is 0 Å². The van der Waals surface area contributed by atoms with E-state index in [1.807, 2.05) is 0 Å². The summed E-state index contributed by atoms with van der Waals surface area (Å²) >= 11 is 5.91. The van der Waals surface area contributed by atoms with Crippen LogP contribution in [0.5, 0.6) is 0 Å². The second-order valence-corrected chi connectivity index (χ2v) is 9.75. The Morgan fingerprint density at radius 2 is 1.84 bits per heavy atom. The molecular formula is C23H25ClN2O5S. The Labute approximate surface area is 193 Å². The molecule has 0 atom stereocenters. The fourth-order valence-corrected chi connectivity index (χ4v) is 5.14. The molecule has 0 saturated heterocycles. The van der Waals surface area contributed by atoms with Crippen LogP contribution < -0.4 is 9.62 Å². The first-order valence-electron chi connectivity index (χ1n) is 10.3. The lowest BCUT2D eigenvalue weighted by Crippen LogP contribution is -2.36. The summed E-state index contributed by atoms with van der Waals surface area (Å²) in [5.41, 5.74) is 0.445. The summed E-state index contributed by atoms with van der Waals surface area (Å²) in [5, 5.41) is 3.31. The normalized spacial score (nSPS) is 14.0. The highest BCUT2D eigenvalue weighted by Gasteiger charge is 2.25. The minimum absolute atomic E-state index is 0.0278. The topological polar surface area (TPSA) is 92.8 Å². The van der Waals surface area contributed by atoms with E-state index in [4.69, 9.17) is 16.3 Å². The molecule has 1 fully saturated rings. The lowest BCUT2D eigenvalue weighted by atomic mass is 10.2. The van der Waals surface area contributed by atoms with Crippen LogP contribution in [0.2, 0.25) is 5.02 Å². The molecule has 3 rings (SSSR count). The third-order valence-corrected chi connectivity index (χ3v) is 7.16. The van der Waals surface area contributed by atoms with Crippen molar-refractivity contribution >= 4 is 39.2 Å². The molecule has 32 heavy (non-hydrogen) atoms. The number of benzene rings is 2. The lowest BCUT2D eigenvalue weighted by molar-refractivity contribution is -0.124. The first-order valence-corrected chi connectivity index (χ1v) is 12.1. The van der Waals surface area contributed by atoms with Gasteiger partial charge in [-0.05, 0) is 55.3 Å². The molecule has 170 valence electrons. The van der Waals surface area contributed by atoms with Crippen molar-refractivity contribution in [3.63, 3.8) is 0 Å². The highest BCUT2D eigenvalue weighted by molar-refractivity contribution is 7.92. The number of esters is 1. The largest absolute Gasteiger partial charge is 0.452 e. The maximum absolute atomic E-state index is 13.3. The summed E-state index contributed by atoms with van der Waals surface area (Å²) in [6.45, 7) is 3.24. The summed E-state index contributed by atoms with van der Waals surface area (Å²) in [5.74, 6) is -1.14. The number of amides is 1. The molecule has 0 heterocycles. The number of rotatable bonds is 9. The fourth-order valence-electron chi connectivity index (χ4n) is 3.53. The van der Waals surface area contributed by atoms with Crippen LogP contribution in [0.3, 0.4) is 0 Å². The van der Waals surface area contributed by atoms with E-state index in [1.54, 1.807) is 24.3 Å². The molecule has 0 aliphatic heterocycles. The highest BCUT2D eigenvalue weighted by Crippen LogP contribution is 2.26. The van der Waals surface area contributed by atoms with Crippen LogP contribution in [0.1, 0.15) is 36.0 Å². The fraction of sp³-hybridized carbons (Fsp3) is 0.304. The van der Waals surface area contributed by atoms with Gasteiger partial charge in [0.25, 0.3) is 15.9 Å². The zero-order valence-corrected chi connectivity index (χ0v) is 19.1. The predicted octanol–water partition coefficient (Wildman–Crippen LogP) is 3.94. The molecule has 0 spiro atoms. The number of halogens is 1. The Kier molecular flexibility index (Phi) is 7.93. The van der Waals surface area contributed by atoms with Gasteiger partial charge in [-0.2, -0.15) is 0 Å². The zero-order valence-electron chi connectivity index (χ0n) is 17.5. The number of sulfonamides is 1. The molecule has 0 aromatic heterocycles. The van der Waals surface area contributed by atoms with E-state index >= 15 is 0 Å². The summed E-state index contributed by atoms with van der Waals surface area (Å²) in [7, 11) is -4.00. The van der Waals surface area contributed by atoms with E-state index in [-0.39, 0.29) is 29.0 Å². The van der Waals surface area contributed by atoms with Gasteiger partial charge in [-0.3, -0.25) is 9.10 Å². The summed E-state index contributed by atoms with van der Waals surface area (Å²) < 4.78 is 32.8. The van der Waals surface area contributed by atoms with Gasteiger partial charge in [-0.25, -0.2) is 13.2 Å². The smallest absolute Gasteiger partial charge is 0.338 e. The number of anilines is 1. The van der Waals surface area contributed by atoms with Crippen molar-refractivity contribution in [3.8, 4) is 0 Å². The molecule has 1 aliphatic carbocycles. The van der Waals surface area contributed by atoms with Crippen molar-refractivity contribution in [3.05, 3.63) is 71.8 Å². The molecular weight excluding hydrogens is 452 g/mol. The number of ether oxygens (including phenoxy) is 1. The summed E-state index contributed by atoms with van der Waals surface area (Å²) in [6, 6.07) is 12.0. The van der Waals surface area contributed by atoms with Crippen LogP contribution in [0.4, 0.5) is 5.69 Å². The number of carbonyl (C=O) groups is 2. The predicted molar refractivity (Wildman–Crippen MR) is 123 cm³/mol.